The van der Waals surface area contributed by atoms with Gasteiger partial charge in [-0.15, -0.1) is 0 Å². The lowest BCUT2D eigenvalue weighted by atomic mass is 10.1. The number of hydrogen-bond donors (Lipinski definition) is 2. The first-order chi connectivity index (χ1) is 11.1. The molecule has 5 heteroatoms. The van der Waals surface area contributed by atoms with E-state index in [0.29, 0.717) is 24.7 Å². The van der Waals surface area contributed by atoms with Gasteiger partial charge in [0.2, 0.25) is 0 Å². The molecular formula is C18H22ClN2O2+. The van der Waals surface area contributed by atoms with Gasteiger partial charge in [0.15, 0.2) is 6.54 Å². The minimum Gasteiger partial charge on any atom is -0.492 e. The number of hydrogen-bond acceptors (Lipinski definition) is 2. The third-order valence-corrected chi connectivity index (χ3v) is 3.74. The van der Waals surface area contributed by atoms with Crippen LogP contribution in [0.15, 0.2) is 54.6 Å². The Kier molecular flexibility index (Phi) is 6.91. The zero-order chi connectivity index (χ0) is 16.5. The van der Waals surface area contributed by atoms with Crippen molar-refractivity contribution < 1.29 is 14.8 Å². The van der Waals surface area contributed by atoms with Crippen LogP contribution < -0.4 is 15.4 Å². The van der Waals surface area contributed by atoms with Crippen LogP contribution in [0.1, 0.15) is 18.5 Å². The molecule has 2 rings (SSSR count). The van der Waals surface area contributed by atoms with Crippen molar-refractivity contribution >= 4 is 17.5 Å². The van der Waals surface area contributed by atoms with Gasteiger partial charge in [0.1, 0.15) is 18.4 Å². The average Bonchev–Trinajstić information content (AvgIpc) is 2.59. The third-order valence-electron chi connectivity index (χ3n) is 3.49. The Labute approximate surface area is 141 Å². The molecule has 0 spiro atoms. The molecule has 0 bridgehead atoms. The summed E-state index contributed by atoms with van der Waals surface area (Å²) in [5.41, 5.74) is 1.21. The number of carbonyl (C=O) groups excluding carboxylic acids is 1. The second-order valence-electron chi connectivity index (χ2n) is 5.29. The Morgan fingerprint density at radius 3 is 2.57 bits per heavy atom. The topological polar surface area (TPSA) is 54.9 Å². The molecule has 0 aromatic heterocycles. The van der Waals surface area contributed by atoms with Gasteiger partial charge in [0.05, 0.1) is 6.54 Å². The lowest BCUT2D eigenvalue weighted by Crippen LogP contribution is -2.87. The van der Waals surface area contributed by atoms with Crippen LogP contribution in [0.25, 0.3) is 0 Å². The highest BCUT2D eigenvalue weighted by atomic mass is 35.5. The summed E-state index contributed by atoms with van der Waals surface area (Å²) < 4.78 is 5.52. The SMILES string of the molecule is C[C@@H]([NH2+]CC(=O)NCCOc1ccc(Cl)cc1)c1ccccc1. The first kappa shape index (κ1) is 17.3. The molecule has 122 valence electrons. The maximum atomic E-state index is 11.8. The molecule has 1 amide bonds. The Morgan fingerprint density at radius 1 is 1.17 bits per heavy atom. The van der Waals surface area contributed by atoms with Gasteiger partial charge in [-0.3, -0.25) is 4.79 Å². The van der Waals surface area contributed by atoms with E-state index in [9.17, 15) is 4.79 Å². The summed E-state index contributed by atoms with van der Waals surface area (Å²) in [5, 5.41) is 5.54. The first-order valence-electron chi connectivity index (χ1n) is 7.68. The van der Waals surface area contributed by atoms with E-state index < -0.39 is 0 Å². The van der Waals surface area contributed by atoms with Crippen molar-refractivity contribution in [1.29, 1.82) is 0 Å². The van der Waals surface area contributed by atoms with E-state index in [0.717, 1.165) is 5.75 Å². The van der Waals surface area contributed by atoms with E-state index in [2.05, 4.69) is 24.4 Å². The Bertz CT molecular complexity index is 602. The predicted molar refractivity (Wildman–Crippen MR) is 91.6 cm³/mol. The Hall–Kier alpha value is -2.04. The molecule has 0 saturated carbocycles. The molecule has 4 nitrogen and oxygen atoms in total. The van der Waals surface area contributed by atoms with Gasteiger partial charge in [0, 0.05) is 10.6 Å². The van der Waals surface area contributed by atoms with E-state index in [-0.39, 0.29) is 11.9 Å². The zero-order valence-corrected chi connectivity index (χ0v) is 13.9. The summed E-state index contributed by atoms with van der Waals surface area (Å²) in [7, 11) is 0. The lowest BCUT2D eigenvalue weighted by molar-refractivity contribution is -0.682. The smallest absolute Gasteiger partial charge is 0.275 e. The summed E-state index contributed by atoms with van der Waals surface area (Å²) in [4.78, 5) is 11.8. The highest BCUT2D eigenvalue weighted by Crippen LogP contribution is 2.15. The number of nitrogens with two attached hydrogens (primary N) is 1. The first-order valence-corrected chi connectivity index (χ1v) is 8.06. The second kappa shape index (κ2) is 9.18. The fourth-order valence-electron chi connectivity index (χ4n) is 2.14. The monoisotopic (exact) mass is 333 g/mol. The quantitative estimate of drug-likeness (QED) is 0.727. The number of benzene rings is 2. The van der Waals surface area contributed by atoms with Gasteiger partial charge in [-0.25, -0.2) is 0 Å². The minimum atomic E-state index is 0.00693. The van der Waals surface area contributed by atoms with Gasteiger partial charge in [-0.2, -0.15) is 0 Å². The maximum absolute atomic E-state index is 11.8. The number of rotatable bonds is 8. The van der Waals surface area contributed by atoms with E-state index in [1.54, 1.807) is 24.3 Å². The minimum absolute atomic E-state index is 0.00693. The summed E-state index contributed by atoms with van der Waals surface area (Å²) in [5.74, 6) is 0.750. The summed E-state index contributed by atoms with van der Waals surface area (Å²) in [6.45, 7) is 3.40. The molecule has 0 aliphatic rings. The molecular weight excluding hydrogens is 312 g/mol. The molecule has 2 aromatic rings. The number of halogens is 1. The van der Waals surface area contributed by atoms with E-state index in [4.69, 9.17) is 16.3 Å². The van der Waals surface area contributed by atoms with Crippen LogP contribution in [0.5, 0.6) is 5.75 Å². The average molecular weight is 334 g/mol. The van der Waals surface area contributed by atoms with E-state index >= 15 is 0 Å². The van der Waals surface area contributed by atoms with Crippen molar-refractivity contribution in [3.8, 4) is 5.75 Å². The van der Waals surface area contributed by atoms with Crippen LogP contribution in [0, 0.1) is 0 Å². The van der Waals surface area contributed by atoms with Gasteiger partial charge in [-0.05, 0) is 31.2 Å². The number of ether oxygens (including phenoxy) is 1. The summed E-state index contributed by atoms with van der Waals surface area (Å²) in [6, 6.07) is 17.6. The van der Waals surface area contributed by atoms with Crippen molar-refractivity contribution in [2.45, 2.75) is 13.0 Å². The summed E-state index contributed by atoms with van der Waals surface area (Å²) >= 11 is 5.80. The van der Waals surface area contributed by atoms with Crippen molar-refractivity contribution in [2.24, 2.45) is 0 Å². The Balaban J connectivity index is 1.61. The van der Waals surface area contributed by atoms with Crippen LogP contribution in [0.3, 0.4) is 0 Å². The standard InChI is InChI=1S/C18H21ClN2O2/c1-14(15-5-3-2-4-6-15)21-13-18(22)20-11-12-23-17-9-7-16(19)8-10-17/h2-10,14,21H,11-13H2,1H3,(H,20,22)/p+1/t14-/m1/s1. The maximum Gasteiger partial charge on any atom is 0.275 e. The fraction of sp³-hybridized carbons (Fsp3) is 0.278. The van der Waals surface area contributed by atoms with Crippen LogP contribution in [0.4, 0.5) is 0 Å². The molecule has 3 N–H and O–H groups in total. The van der Waals surface area contributed by atoms with Crippen molar-refractivity contribution in [2.75, 3.05) is 19.7 Å². The van der Waals surface area contributed by atoms with Crippen LogP contribution >= 0.6 is 11.6 Å². The van der Waals surface area contributed by atoms with Crippen molar-refractivity contribution in [3.05, 3.63) is 65.2 Å². The van der Waals surface area contributed by atoms with Crippen LogP contribution in [0.2, 0.25) is 5.02 Å². The molecule has 0 radical (unpaired) electrons. The molecule has 0 heterocycles. The van der Waals surface area contributed by atoms with Gasteiger partial charge < -0.3 is 15.4 Å². The zero-order valence-electron chi connectivity index (χ0n) is 13.2. The summed E-state index contributed by atoms with van der Waals surface area (Å²) in [6.07, 6.45) is 0. The van der Waals surface area contributed by atoms with Crippen molar-refractivity contribution in [1.82, 2.24) is 5.32 Å². The molecule has 0 unspecified atom stereocenters. The molecule has 0 saturated heterocycles. The third kappa shape index (κ3) is 6.30. The second-order valence-corrected chi connectivity index (χ2v) is 5.73. The van der Waals surface area contributed by atoms with Gasteiger partial charge in [0.25, 0.3) is 5.91 Å². The number of carbonyl (C=O) groups is 1. The largest absolute Gasteiger partial charge is 0.492 e. The molecule has 2 aromatic carbocycles. The predicted octanol–water partition coefficient (Wildman–Crippen LogP) is 2.16. The normalized spacial score (nSPS) is 11.7. The molecule has 0 aliphatic carbocycles. The van der Waals surface area contributed by atoms with Crippen LogP contribution in [-0.4, -0.2) is 25.6 Å². The lowest BCUT2D eigenvalue weighted by Gasteiger charge is -2.11. The van der Waals surface area contributed by atoms with E-state index in [1.165, 1.54) is 5.56 Å². The number of amides is 1. The van der Waals surface area contributed by atoms with Gasteiger partial charge in [-0.1, -0.05) is 41.9 Å². The van der Waals surface area contributed by atoms with Crippen LogP contribution in [-0.2, 0) is 4.79 Å². The highest BCUT2D eigenvalue weighted by molar-refractivity contribution is 6.30. The molecule has 0 aliphatic heterocycles. The molecule has 0 fully saturated rings. The Morgan fingerprint density at radius 2 is 1.87 bits per heavy atom. The van der Waals surface area contributed by atoms with Crippen molar-refractivity contribution in [3.63, 3.8) is 0 Å². The number of nitrogens with one attached hydrogen (secondary N) is 1. The number of quaternary nitrogens is 1. The highest BCUT2D eigenvalue weighted by Gasteiger charge is 2.10. The van der Waals surface area contributed by atoms with Gasteiger partial charge >= 0.3 is 0 Å². The molecule has 23 heavy (non-hydrogen) atoms. The fourth-order valence-corrected chi connectivity index (χ4v) is 2.26. The molecule has 1 atom stereocenters. The van der Waals surface area contributed by atoms with E-state index in [1.807, 2.05) is 23.5 Å².